The molecule has 2 aliphatic heterocycles. The molecule has 234 valence electrons. The number of hydrogen-bond donors (Lipinski definition) is 4. The number of aliphatic carboxylic acids is 1. The highest BCUT2D eigenvalue weighted by Crippen LogP contribution is 2.30. The predicted molar refractivity (Wildman–Crippen MR) is 163 cm³/mol. The number of piperidine rings is 1. The first-order valence-electron chi connectivity index (χ1n) is 14.8. The van der Waals surface area contributed by atoms with Gasteiger partial charge in [-0.2, -0.15) is 0 Å². The van der Waals surface area contributed by atoms with Crippen molar-refractivity contribution < 1.29 is 29.4 Å². The van der Waals surface area contributed by atoms with Crippen LogP contribution in [0.15, 0.2) is 29.8 Å². The second-order valence-corrected chi connectivity index (χ2v) is 13.6. The molecule has 0 saturated carbocycles. The maximum atomic E-state index is 13.9. The zero-order valence-corrected chi connectivity index (χ0v) is 26.3. The molecule has 12 heteroatoms. The standard InChI is InChI=1S/C31H43N5O6S/c1-18-26(43-17-32-18)21-8-6-20(7-9-21)24(16-35-12-10-22(11-13-35)30(41)42)34-28(39)25-14-23(38)15-36(25)29(40)27(31(3,4)5)33-19(2)37/h6-9,17,22-25,27,38H,10-16H2,1-5H3,(H,33,37)(H,34,39)(H,41,42)/t23-,24+,25+,27-/m1/s1. The molecule has 3 amide bonds. The summed E-state index contributed by atoms with van der Waals surface area (Å²) >= 11 is 1.56. The number of rotatable bonds is 9. The fraction of sp³-hybridized carbons (Fsp3) is 0.581. The van der Waals surface area contributed by atoms with Crippen molar-refractivity contribution in [3.63, 3.8) is 0 Å². The SMILES string of the molecule is CC(=O)N[C@H](C(=O)N1C[C@H](O)C[C@H]1C(=O)N[C@@H](CN1CCC(C(=O)O)CC1)c1ccc(-c2scnc2C)cc1)C(C)(C)C. The Balaban J connectivity index is 1.56. The number of aromatic nitrogens is 1. The number of carboxylic acid groups (broad SMARTS) is 1. The number of likely N-dealkylation sites (tertiary alicyclic amines) is 2. The molecular formula is C31H43N5O6S. The first-order chi connectivity index (χ1) is 20.2. The summed E-state index contributed by atoms with van der Waals surface area (Å²) in [5.41, 5.74) is 4.04. The summed E-state index contributed by atoms with van der Waals surface area (Å²) in [4.78, 5) is 59.9. The summed E-state index contributed by atoms with van der Waals surface area (Å²) in [6.07, 6.45) is 0.296. The van der Waals surface area contributed by atoms with E-state index >= 15 is 0 Å². The van der Waals surface area contributed by atoms with Crippen LogP contribution < -0.4 is 10.6 Å². The van der Waals surface area contributed by atoms with Gasteiger partial charge in [-0.05, 0) is 49.4 Å². The first-order valence-corrected chi connectivity index (χ1v) is 15.6. The Bertz CT molecular complexity index is 1310. The summed E-state index contributed by atoms with van der Waals surface area (Å²) in [6, 6.07) is 5.75. The molecule has 4 atom stereocenters. The van der Waals surface area contributed by atoms with Crippen molar-refractivity contribution in [1.29, 1.82) is 0 Å². The van der Waals surface area contributed by atoms with Gasteiger partial charge in [0.1, 0.15) is 12.1 Å². The molecule has 11 nitrogen and oxygen atoms in total. The van der Waals surface area contributed by atoms with Gasteiger partial charge in [0.25, 0.3) is 0 Å². The number of nitrogens with one attached hydrogen (secondary N) is 2. The number of aliphatic hydroxyl groups excluding tert-OH is 1. The zero-order chi connectivity index (χ0) is 31.5. The van der Waals surface area contributed by atoms with Gasteiger partial charge in [-0.25, -0.2) is 4.98 Å². The average Bonchev–Trinajstić information content (AvgIpc) is 3.56. The largest absolute Gasteiger partial charge is 0.481 e. The number of benzene rings is 1. The van der Waals surface area contributed by atoms with Gasteiger partial charge in [-0.15, -0.1) is 11.3 Å². The number of β-amino-alcohol motifs (C(OH)–C–C–N with tert-alkyl or cyclic N) is 1. The van der Waals surface area contributed by atoms with Crippen LogP contribution in [0.4, 0.5) is 0 Å². The topological polar surface area (TPSA) is 152 Å². The summed E-state index contributed by atoms with van der Waals surface area (Å²) < 4.78 is 0. The second-order valence-electron chi connectivity index (χ2n) is 12.8. The molecule has 4 N–H and O–H groups in total. The average molecular weight is 614 g/mol. The molecule has 0 radical (unpaired) electrons. The number of amides is 3. The van der Waals surface area contributed by atoms with Crippen LogP contribution in [0.2, 0.25) is 0 Å². The number of carbonyl (C=O) groups excluding carboxylic acids is 3. The van der Waals surface area contributed by atoms with E-state index in [9.17, 15) is 29.4 Å². The molecule has 0 spiro atoms. The molecule has 4 rings (SSSR count). The number of aliphatic hydroxyl groups is 1. The van der Waals surface area contributed by atoms with Crippen molar-refractivity contribution in [1.82, 2.24) is 25.4 Å². The Labute approximate surface area is 256 Å². The molecule has 0 bridgehead atoms. The lowest BCUT2D eigenvalue weighted by Gasteiger charge is -2.36. The summed E-state index contributed by atoms with van der Waals surface area (Å²) in [7, 11) is 0. The minimum absolute atomic E-state index is 0.000644. The monoisotopic (exact) mass is 613 g/mol. The zero-order valence-electron chi connectivity index (χ0n) is 25.5. The van der Waals surface area contributed by atoms with Crippen LogP contribution in [0.25, 0.3) is 10.4 Å². The van der Waals surface area contributed by atoms with Gasteiger partial charge in [0.15, 0.2) is 0 Å². The van der Waals surface area contributed by atoms with Gasteiger partial charge in [0, 0.05) is 26.4 Å². The molecule has 0 aliphatic carbocycles. The summed E-state index contributed by atoms with van der Waals surface area (Å²) in [6.45, 7) is 10.5. The maximum Gasteiger partial charge on any atom is 0.306 e. The van der Waals surface area contributed by atoms with Crippen molar-refractivity contribution in [3.05, 3.63) is 41.0 Å². The van der Waals surface area contributed by atoms with Crippen LogP contribution in [0.5, 0.6) is 0 Å². The third kappa shape index (κ3) is 7.98. The van der Waals surface area contributed by atoms with E-state index in [0.29, 0.717) is 32.5 Å². The van der Waals surface area contributed by atoms with E-state index in [-0.39, 0.29) is 30.7 Å². The molecule has 3 heterocycles. The lowest BCUT2D eigenvalue weighted by atomic mass is 9.85. The number of carboxylic acids is 1. The van der Waals surface area contributed by atoms with E-state index in [2.05, 4.69) is 20.5 Å². The molecule has 1 aromatic heterocycles. The van der Waals surface area contributed by atoms with Gasteiger partial charge in [-0.3, -0.25) is 19.2 Å². The highest BCUT2D eigenvalue weighted by Gasteiger charge is 2.44. The Morgan fingerprint density at radius 2 is 1.74 bits per heavy atom. The number of hydrogen-bond acceptors (Lipinski definition) is 8. The van der Waals surface area contributed by atoms with Crippen LogP contribution >= 0.6 is 11.3 Å². The third-order valence-electron chi connectivity index (χ3n) is 8.34. The van der Waals surface area contributed by atoms with Crippen LogP contribution in [-0.2, 0) is 19.2 Å². The molecule has 43 heavy (non-hydrogen) atoms. The fourth-order valence-electron chi connectivity index (χ4n) is 5.89. The van der Waals surface area contributed by atoms with E-state index in [1.165, 1.54) is 11.8 Å². The molecule has 1 aromatic carbocycles. The minimum Gasteiger partial charge on any atom is -0.481 e. The molecule has 2 aromatic rings. The van der Waals surface area contributed by atoms with Crippen molar-refractivity contribution in [2.45, 2.75) is 78.1 Å². The van der Waals surface area contributed by atoms with Crippen molar-refractivity contribution >= 4 is 35.0 Å². The lowest BCUT2D eigenvalue weighted by Crippen LogP contribution is -2.57. The van der Waals surface area contributed by atoms with Crippen molar-refractivity contribution in [2.75, 3.05) is 26.2 Å². The van der Waals surface area contributed by atoms with E-state index in [1.54, 1.807) is 11.3 Å². The Morgan fingerprint density at radius 3 is 2.28 bits per heavy atom. The van der Waals surface area contributed by atoms with Crippen LogP contribution in [-0.4, -0.2) is 93.1 Å². The van der Waals surface area contributed by atoms with E-state index in [1.807, 2.05) is 57.5 Å². The molecule has 2 aliphatic rings. The van der Waals surface area contributed by atoms with Crippen molar-refractivity contribution in [2.24, 2.45) is 11.3 Å². The minimum atomic E-state index is -0.902. The molecular weight excluding hydrogens is 570 g/mol. The fourth-order valence-corrected chi connectivity index (χ4v) is 6.70. The summed E-state index contributed by atoms with van der Waals surface area (Å²) in [5.74, 6) is -2.29. The highest BCUT2D eigenvalue weighted by molar-refractivity contribution is 7.13. The smallest absolute Gasteiger partial charge is 0.306 e. The highest BCUT2D eigenvalue weighted by atomic mass is 32.1. The molecule has 0 unspecified atom stereocenters. The predicted octanol–water partition coefficient (Wildman–Crippen LogP) is 2.59. The van der Waals surface area contributed by atoms with Gasteiger partial charge in [0.2, 0.25) is 17.7 Å². The van der Waals surface area contributed by atoms with Gasteiger partial charge in [-0.1, -0.05) is 45.0 Å². The first kappa shape index (κ1) is 32.6. The number of nitrogens with zero attached hydrogens (tertiary/aromatic N) is 3. The number of carbonyl (C=O) groups is 4. The van der Waals surface area contributed by atoms with Gasteiger partial charge >= 0.3 is 5.97 Å². The molecule has 2 fully saturated rings. The van der Waals surface area contributed by atoms with Gasteiger partial charge in [0.05, 0.1) is 34.1 Å². The van der Waals surface area contributed by atoms with Crippen LogP contribution in [0, 0.1) is 18.3 Å². The van der Waals surface area contributed by atoms with Gasteiger partial charge < -0.3 is 30.6 Å². The summed E-state index contributed by atoms with van der Waals surface area (Å²) in [5, 5.41) is 25.8. The number of aryl methyl sites for hydroxylation is 1. The quantitative estimate of drug-likeness (QED) is 0.337. The maximum absolute atomic E-state index is 13.9. The lowest BCUT2D eigenvalue weighted by molar-refractivity contribution is -0.144. The Hall–Kier alpha value is -3.35. The normalized spacial score (nSPS) is 21.3. The van der Waals surface area contributed by atoms with Crippen molar-refractivity contribution in [3.8, 4) is 10.4 Å². The van der Waals surface area contributed by atoms with E-state index < -0.39 is 41.5 Å². The Kier molecular flexibility index (Phi) is 10.2. The second kappa shape index (κ2) is 13.5. The van der Waals surface area contributed by atoms with Crippen LogP contribution in [0.3, 0.4) is 0 Å². The molecule has 2 saturated heterocycles. The third-order valence-corrected chi connectivity index (χ3v) is 9.32. The van der Waals surface area contributed by atoms with Crippen LogP contribution in [0.1, 0.15) is 64.3 Å². The number of thiazole rings is 1. The Morgan fingerprint density at radius 1 is 1.09 bits per heavy atom. The van der Waals surface area contributed by atoms with E-state index in [4.69, 9.17) is 0 Å². The van der Waals surface area contributed by atoms with E-state index in [0.717, 1.165) is 21.7 Å².